The van der Waals surface area contributed by atoms with E-state index in [4.69, 9.17) is 28.4 Å². The second-order valence-electron chi connectivity index (χ2n) is 16.2. The Hall–Kier alpha value is -4.62. The molecule has 1 N–H and O–H groups in total. The van der Waals surface area contributed by atoms with Gasteiger partial charge in [-0.1, -0.05) is 50.2 Å². The largest absolute Gasteiger partial charge is 0.462 e. The highest BCUT2D eigenvalue weighted by Crippen LogP contribution is 2.70. The SMILES string of the molecule is CCC(=O)O[C@@H]1[C@@]2(O)C[C@H](C)[C@H](OC(C)=O)[C@H]2[C@@H](OC(=O)c2ccccc2)[C@@]23CO[C@]1(C)[C@@H]2[C@H]1[C@@H](CC(=O)OC1(C)C)[C@H](OC(=O)c1ccccc1)C3=O. The molecule has 0 spiro atoms. The molecule has 5 aliphatic rings. The summed E-state index contributed by atoms with van der Waals surface area (Å²) in [5.41, 5.74) is -6.72. The lowest BCUT2D eigenvalue weighted by Crippen LogP contribution is -2.71. The number of carbonyl (C=O) groups is 6. The Labute approximate surface area is 312 Å². The molecule has 2 aliphatic heterocycles. The van der Waals surface area contributed by atoms with Crippen molar-refractivity contribution < 1.29 is 62.3 Å². The van der Waals surface area contributed by atoms with E-state index >= 15 is 4.79 Å². The van der Waals surface area contributed by atoms with E-state index in [1.165, 1.54) is 31.2 Å². The second-order valence-corrected chi connectivity index (χ2v) is 16.2. The van der Waals surface area contributed by atoms with Gasteiger partial charge in [0.1, 0.15) is 29.0 Å². The summed E-state index contributed by atoms with van der Waals surface area (Å²) in [7, 11) is 0. The number of ketones is 1. The zero-order valence-corrected chi connectivity index (χ0v) is 31.1. The first-order valence-electron chi connectivity index (χ1n) is 18.5. The Kier molecular flexibility index (Phi) is 9.28. The summed E-state index contributed by atoms with van der Waals surface area (Å²) in [6.45, 7) is 9.18. The standard InChI is InChI=1S/C41H46O13/c1-7-26(43)51-37-39(6)32-28-25(18-27(44)54-38(28,4)5)31(52-35(46)23-14-10-8-11-15-23)33(45)40(32,20-49-39)34(53-36(47)24-16-12-9-13-17-24)29-30(50-22(3)42)21(2)19-41(29,37)48/h8-17,21,25,28-32,34,37,48H,7,18-20H2,1-6H3/t21-,25+,28+,29-,30-,31-,32-,34+,37-,39+,40-,41+/m0/s1. The van der Waals surface area contributed by atoms with Gasteiger partial charge in [0.15, 0.2) is 18.0 Å². The van der Waals surface area contributed by atoms with Gasteiger partial charge in [0.05, 0.1) is 35.5 Å². The zero-order chi connectivity index (χ0) is 39.0. The van der Waals surface area contributed by atoms with E-state index in [1.807, 2.05) is 0 Å². The Morgan fingerprint density at radius 2 is 1.44 bits per heavy atom. The smallest absolute Gasteiger partial charge is 0.338 e. The number of ether oxygens (including phenoxy) is 6. The fourth-order valence-electron chi connectivity index (χ4n) is 10.7. The molecule has 13 heteroatoms. The molecule has 3 saturated carbocycles. The number of benzene rings is 2. The molecule has 0 unspecified atom stereocenters. The van der Waals surface area contributed by atoms with E-state index in [9.17, 15) is 29.1 Å². The van der Waals surface area contributed by atoms with Crippen molar-refractivity contribution in [1.82, 2.24) is 0 Å². The molecule has 2 saturated heterocycles. The molecule has 12 atom stereocenters. The first-order chi connectivity index (χ1) is 25.5. The van der Waals surface area contributed by atoms with Gasteiger partial charge in [-0.15, -0.1) is 0 Å². The maximum Gasteiger partial charge on any atom is 0.338 e. The van der Waals surface area contributed by atoms with Crippen LogP contribution in [-0.2, 0) is 47.6 Å². The van der Waals surface area contributed by atoms with Crippen LogP contribution in [0.2, 0.25) is 0 Å². The number of carbonyl (C=O) groups excluding carboxylic acids is 6. The molecular formula is C41H46O13. The highest BCUT2D eigenvalue weighted by molar-refractivity contribution is 5.98. The van der Waals surface area contributed by atoms with Crippen molar-refractivity contribution in [2.75, 3.05) is 6.61 Å². The average molecular weight is 747 g/mol. The topological polar surface area (TPSA) is 178 Å². The van der Waals surface area contributed by atoms with Crippen LogP contribution >= 0.6 is 0 Å². The van der Waals surface area contributed by atoms with E-state index in [0.717, 1.165) is 0 Å². The third kappa shape index (κ3) is 5.64. The van der Waals surface area contributed by atoms with E-state index < -0.39 is 118 Å². The van der Waals surface area contributed by atoms with Gasteiger partial charge in [0, 0.05) is 31.1 Å². The number of rotatable bonds is 7. The van der Waals surface area contributed by atoms with E-state index in [0.29, 0.717) is 0 Å². The fraction of sp³-hybridized carbons (Fsp3) is 0.561. The van der Waals surface area contributed by atoms with Crippen LogP contribution in [0.4, 0.5) is 0 Å². The van der Waals surface area contributed by atoms with Crippen LogP contribution in [-0.4, -0.2) is 88.6 Å². The van der Waals surface area contributed by atoms with Gasteiger partial charge < -0.3 is 33.5 Å². The summed E-state index contributed by atoms with van der Waals surface area (Å²) in [6.07, 6.45) is -6.23. The molecule has 2 bridgehead atoms. The predicted molar refractivity (Wildman–Crippen MR) is 186 cm³/mol. The van der Waals surface area contributed by atoms with Gasteiger partial charge in [-0.05, 0) is 57.4 Å². The molecule has 54 heavy (non-hydrogen) atoms. The number of hydrogen-bond donors (Lipinski definition) is 1. The van der Waals surface area contributed by atoms with Crippen LogP contribution in [0.25, 0.3) is 0 Å². The maximum atomic E-state index is 15.8. The summed E-state index contributed by atoms with van der Waals surface area (Å²) in [5.74, 6) is -9.08. The molecule has 3 aliphatic carbocycles. The van der Waals surface area contributed by atoms with Crippen molar-refractivity contribution in [1.29, 1.82) is 0 Å². The van der Waals surface area contributed by atoms with Gasteiger partial charge in [0.25, 0.3) is 0 Å². The lowest BCUT2D eigenvalue weighted by molar-refractivity contribution is -0.237. The van der Waals surface area contributed by atoms with Crippen molar-refractivity contribution in [3.8, 4) is 0 Å². The van der Waals surface area contributed by atoms with Gasteiger partial charge in [0.2, 0.25) is 0 Å². The normalized spacial score (nSPS) is 38.8. The third-order valence-corrected chi connectivity index (χ3v) is 12.6. The van der Waals surface area contributed by atoms with Crippen LogP contribution < -0.4 is 0 Å². The molecule has 13 nitrogen and oxygen atoms in total. The Morgan fingerprint density at radius 1 is 0.852 bits per heavy atom. The number of hydrogen-bond acceptors (Lipinski definition) is 13. The first kappa shape index (κ1) is 37.7. The maximum absolute atomic E-state index is 15.8. The van der Waals surface area contributed by atoms with E-state index in [-0.39, 0.29) is 30.4 Å². The number of Topliss-reactive ketones (excluding diaryl/α,β-unsaturated/α-hetero) is 1. The summed E-state index contributed by atoms with van der Waals surface area (Å²) in [4.78, 5) is 83.3. The lowest BCUT2D eigenvalue weighted by Gasteiger charge is -2.58. The summed E-state index contributed by atoms with van der Waals surface area (Å²) in [5, 5.41) is 13.2. The van der Waals surface area contributed by atoms with Gasteiger partial charge in [-0.2, -0.15) is 0 Å². The van der Waals surface area contributed by atoms with E-state index in [1.54, 1.807) is 71.0 Å². The zero-order valence-electron chi connectivity index (χ0n) is 31.1. The Balaban J connectivity index is 1.51. The fourth-order valence-corrected chi connectivity index (χ4v) is 10.7. The molecular weight excluding hydrogens is 700 g/mol. The van der Waals surface area contributed by atoms with Crippen LogP contribution in [0.3, 0.4) is 0 Å². The van der Waals surface area contributed by atoms with Crippen molar-refractivity contribution >= 4 is 35.6 Å². The van der Waals surface area contributed by atoms with Crippen molar-refractivity contribution in [2.24, 2.45) is 35.0 Å². The molecule has 5 fully saturated rings. The van der Waals surface area contributed by atoms with Crippen LogP contribution in [0.15, 0.2) is 60.7 Å². The number of cyclic esters (lactones) is 1. The van der Waals surface area contributed by atoms with Gasteiger partial charge >= 0.3 is 29.8 Å². The average Bonchev–Trinajstić information content (AvgIpc) is 3.55. The summed E-state index contributed by atoms with van der Waals surface area (Å²) >= 11 is 0. The molecule has 0 amide bonds. The summed E-state index contributed by atoms with van der Waals surface area (Å²) < 4.78 is 37.5. The number of aliphatic hydroxyl groups is 1. The van der Waals surface area contributed by atoms with Crippen LogP contribution in [0.5, 0.6) is 0 Å². The third-order valence-electron chi connectivity index (χ3n) is 12.6. The minimum Gasteiger partial charge on any atom is -0.462 e. The van der Waals surface area contributed by atoms with Crippen molar-refractivity contribution in [2.45, 2.75) is 102 Å². The quantitative estimate of drug-likeness (QED) is 0.318. The van der Waals surface area contributed by atoms with Crippen molar-refractivity contribution in [3.63, 3.8) is 0 Å². The monoisotopic (exact) mass is 746 g/mol. The molecule has 7 rings (SSSR count). The molecule has 0 aromatic heterocycles. The predicted octanol–water partition coefficient (Wildman–Crippen LogP) is 4.02. The Bertz CT molecular complexity index is 1860. The highest BCUT2D eigenvalue weighted by Gasteiger charge is 2.84. The van der Waals surface area contributed by atoms with Gasteiger partial charge in [-0.3, -0.25) is 19.2 Å². The minimum absolute atomic E-state index is 0.0654. The summed E-state index contributed by atoms with van der Waals surface area (Å²) in [6, 6.07) is 16.2. The van der Waals surface area contributed by atoms with Gasteiger partial charge in [-0.25, -0.2) is 9.59 Å². The lowest BCUT2D eigenvalue weighted by atomic mass is 9.47. The molecule has 288 valence electrons. The second kappa shape index (κ2) is 13.3. The molecule has 2 heterocycles. The minimum atomic E-state index is -2.09. The number of fused-ring (bicyclic) bond motifs is 2. The molecule has 0 radical (unpaired) electrons. The van der Waals surface area contributed by atoms with E-state index in [2.05, 4.69) is 0 Å². The van der Waals surface area contributed by atoms with Crippen LogP contribution in [0.1, 0.15) is 81.5 Å². The first-order valence-corrected chi connectivity index (χ1v) is 18.5. The number of esters is 5. The highest BCUT2D eigenvalue weighted by atomic mass is 16.6. The van der Waals surface area contributed by atoms with Crippen LogP contribution in [0, 0.1) is 35.0 Å². The van der Waals surface area contributed by atoms with Crippen molar-refractivity contribution in [3.05, 3.63) is 71.8 Å². The molecule has 2 aromatic carbocycles. The molecule has 2 aromatic rings. The Morgan fingerprint density at radius 3 is 2.02 bits per heavy atom.